The molecule has 0 fully saturated rings. The highest BCUT2D eigenvalue weighted by molar-refractivity contribution is 6.89. The van der Waals surface area contributed by atoms with Crippen molar-refractivity contribution in [1.29, 1.82) is 0 Å². The van der Waals surface area contributed by atoms with E-state index in [4.69, 9.17) is 0 Å². The van der Waals surface area contributed by atoms with Crippen molar-refractivity contribution >= 4 is 13.3 Å². The molecule has 29 heavy (non-hydrogen) atoms. The summed E-state index contributed by atoms with van der Waals surface area (Å²) in [5.41, 5.74) is 9.03. The molecule has 0 unspecified atom stereocenters. The molecule has 0 saturated heterocycles. The molecule has 0 heterocycles. The standard InChI is InChI=1S/C28H28Si/c1-21-10-7-11-22(18-21)23-12-8-13-24(19-23)25-14-9-15-26(20-25)27-16-5-6-17-28(27)29(2,3)4/h5-20H,1-4H3. The molecule has 144 valence electrons. The lowest BCUT2D eigenvalue weighted by molar-refractivity contribution is 1.47. The molecule has 0 aliphatic heterocycles. The van der Waals surface area contributed by atoms with E-state index in [0.717, 1.165) is 0 Å². The van der Waals surface area contributed by atoms with Gasteiger partial charge in [-0.25, -0.2) is 0 Å². The van der Waals surface area contributed by atoms with Crippen molar-refractivity contribution in [2.45, 2.75) is 26.6 Å². The third-order valence-electron chi connectivity index (χ3n) is 5.46. The van der Waals surface area contributed by atoms with Gasteiger partial charge in [0.25, 0.3) is 0 Å². The molecule has 0 saturated carbocycles. The molecule has 0 aliphatic rings. The lowest BCUT2D eigenvalue weighted by Gasteiger charge is -2.21. The van der Waals surface area contributed by atoms with Crippen LogP contribution in [0.3, 0.4) is 0 Å². The summed E-state index contributed by atoms with van der Waals surface area (Å²) in [6, 6.07) is 35.5. The highest BCUT2D eigenvalue weighted by atomic mass is 28.3. The molecule has 4 aromatic carbocycles. The Hall–Kier alpha value is -2.90. The highest BCUT2D eigenvalue weighted by Gasteiger charge is 2.20. The third kappa shape index (κ3) is 4.25. The van der Waals surface area contributed by atoms with Crippen molar-refractivity contribution in [3.8, 4) is 33.4 Å². The number of rotatable bonds is 4. The van der Waals surface area contributed by atoms with Crippen molar-refractivity contribution in [3.63, 3.8) is 0 Å². The van der Waals surface area contributed by atoms with Gasteiger partial charge in [0.1, 0.15) is 0 Å². The summed E-state index contributed by atoms with van der Waals surface area (Å²) >= 11 is 0. The van der Waals surface area contributed by atoms with E-state index in [-0.39, 0.29) is 0 Å². The molecular formula is C28H28Si. The number of hydrogen-bond acceptors (Lipinski definition) is 0. The van der Waals surface area contributed by atoms with Gasteiger partial charge in [-0.15, -0.1) is 0 Å². The van der Waals surface area contributed by atoms with Crippen molar-refractivity contribution in [1.82, 2.24) is 0 Å². The number of aryl methyl sites for hydroxylation is 1. The SMILES string of the molecule is Cc1cccc(-c2cccc(-c3cccc(-c4ccccc4[Si](C)(C)C)c3)c2)c1. The molecule has 4 aromatic rings. The van der Waals surface area contributed by atoms with Gasteiger partial charge in [0.15, 0.2) is 0 Å². The van der Waals surface area contributed by atoms with Crippen LogP contribution in [0.4, 0.5) is 0 Å². The van der Waals surface area contributed by atoms with Gasteiger partial charge in [0, 0.05) is 0 Å². The molecule has 0 bridgehead atoms. The summed E-state index contributed by atoms with van der Waals surface area (Å²) < 4.78 is 0. The number of benzene rings is 4. The van der Waals surface area contributed by atoms with Gasteiger partial charge < -0.3 is 0 Å². The Morgan fingerprint density at radius 1 is 0.483 bits per heavy atom. The van der Waals surface area contributed by atoms with Crippen LogP contribution in [-0.2, 0) is 0 Å². The third-order valence-corrected chi connectivity index (χ3v) is 7.51. The van der Waals surface area contributed by atoms with Crippen LogP contribution in [0.5, 0.6) is 0 Å². The van der Waals surface area contributed by atoms with Crippen molar-refractivity contribution in [2.75, 3.05) is 0 Å². The van der Waals surface area contributed by atoms with Crippen LogP contribution in [0, 0.1) is 6.92 Å². The van der Waals surface area contributed by atoms with Crippen LogP contribution in [0.1, 0.15) is 5.56 Å². The fourth-order valence-electron chi connectivity index (χ4n) is 3.96. The monoisotopic (exact) mass is 392 g/mol. The molecule has 0 spiro atoms. The van der Waals surface area contributed by atoms with Gasteiger partial charge in [-0.05, 0) is 52.4 Å². The smallest absolute Gasteiger partial charge is 0.0656 e. The average molecular weight is 393 g/mol. The normalized spacial score (nSPS) is 11.4. The van der Waals surface area contributed by atoms with Gasteiger partial charge in [-0.2, -0.15) is 0 Å². The molecule has 0 aromatic heterocycles. The zero-order valence-electron chi connectivity index (χ0n) is 17.7. The van der Waals surface area contributed by atoms with Crippen LogP contribution in [0.25, 0.3) is 33.4 Å². The Morgan fingerprint density at radius 2 is 0.966 bits per heavy atom. The maximum absolute atomic E-state index is 2.42. The molecule has 0 aliphatic carbocycles. The summed E-state index contributed by atoms with van der Waals surface area (Å²) in [4.78, 5) is 0. The molecule has 4 rings (SSSR count). The zero-order valence-corrected chi connectivity index (χ0v) is 18.7. The quantitative estimate of drug-likeness (QED) is 0.315. The first-order valence-corrected chi connectivity index (χ1v) is 13.8. The molecule has 0 nitrogen and oxygen atoms in total. The summed E-state index contributed by atoms with van der Waals surface area (Å²) in [6.07, 6.45) is 0. The summed E-state index contributed by atoms with van der Waals surface area (Å²) in [5.74, 6) is 0. The Morgan fingerprint density at radius 3 is 1.55 bits per heavy atom. The van der Waals surface area contributed by atoms with Gasteiger partial charge in [0.05, 0.1) is 8.07 Å². The van der Waals surface area contributed by atoms with Crippen molar-refractivity contribution < 1.29 is 0 Å². The first-order valence-electron chi connectivity index (χ1n) is 10.3. The Balaban J connectivity index is 1.77. The lowest BCUT2D eigenvalue weighted by atomic mass is 9.96. The Labute approximate surface area is 175 Å². The second kappa shape index (κ2) is 7.85. The van der Waals surface area contributed by atoms with Crippen LogP contribution in [-0.4, -0.2) is 8.07 Å². The maximum atomic E-state index is 2.42. The molecule has 0 radical (unpaired) electrons. The second-order valence-electron chi connectivity index (χ2n) is 8.83. The summed E-state index contributed by atoms with van der Waals surface area (Å²) in [5, 5.41) is 1.52. The largest absolute Gasteiger partial charge is 0.0784 e. The van der Waals surface area contributed by atoms with Gasteiger partial charge in [0.2, 0.25) is 0 Å². The van der Waals surface area contributed by atoms with E-state index in [1.807, 2.05) is 0 Å². The first-order chi connectivity index (χ1) is 13.9. The van der Waals surface area contributed by atoms with Crippen molar-refractivity contribution in [2.24, 2.45) is 0 Å². The van der Waals surface area contributed by atoms with Crippen LogP contribution < -0.4 is 5.19 Å². The summed E-state index contributed by atoms with van der Waals surface area (Å²) in [7, 11) is -1.42. The van der Waals surface area contributed by atoms with E-state index in [1.165, 1.54) is 44.1 Å². The average Bonchev–Trinajstić information content (AvgIpc) is 2.73. The summed E-state index contributed by atoms with van der Waals surface area (Å²) in [6.45, 7) is 9.40. The molecule has 0 amide bonds. The Bertz CT molecular complexity index is 1150. The van der Waals surface area contributed by atoms with E-state index in [0.29, 0.717) is 0 Å². The molecule has 0 N–H and O–H groups in total. The van der Waals surface area contributed by atoms with E-state index in [2.05, 4.69) is 124 Å². The number of hydrogen-bond donors (Lipinski definition) is 0. The van der Waals surface area contributed by atoms with Gasteiger partial charge in [-0.3, -0.25) is 0 Å². The van der Waals surface area contributed by atoms with E-state index < -0.39 is 8.07 Å². The van der Waals surface area contributed by atoms with Gasteiger partial charge in [-0.1, -0.05) is 115 Å². The minimum atomic E-state index is -1.42. The maximum Gasteiger partial charge on any atom is 0.0784 e. The van der Waals surface area contributed by atoms with Crippen LogP contribution >= 0.6 is 0 Å². The van der Waals surface area contributed by atoms with Gasteiger partial charge >= 0.3 is 0 Å². The Kier molecular flexibility index (Phi) is 5.25. The van der Waals surface area contributed by atoms with E-state index in [1.54, 1.807) is 0 Å². The minimum Gasteiger partial charge on any atom is -0.0656 e. The predicted molar refractivity (Wildman–Crippen MR) is 130 cm³/mol. The van der Waals surface area contributed by atoms with E-state index >= 15 is 0 Å². The lowest BCUT2D eigenvalue weighted by Crippen LogP contribution is -2.38. The second-order valence-corrected chi connectivity index (χ2v) is 13.9. The fraction of sp³-hybridized carbons (Fsp3) is 0.143. The van der Waals surface area contributed by atoms with Crippen LogP contribution in [0.15, 0.2) is 97.1 Å². The van der Waals surface area contributed by atoms with Crippen molar-refractivity contribution in [3.05, 3.63) is 103 Å². The topological polar surface area (TPSA) is 0 Å². The zero-order chi connectivity index (χ0) is 20.4. The molecule has 0 atom stereocenters. The minimum absolute atomic E-state index is 1.26. The predicted octanol–water partition coefficient (Wildman–Crippen LogP) is 7.54. The first kappa shape index (κ1) is 19.4. The molecular weight excluding hydrogens is 364 g/mol. The fourth-order valence-corrected chi connectivity index (χ4v) is 5.59. The molecule has 1 heteroatoms. The highest BCUT2D eigenvalue weighted by Crippen LogP contribution is 2.30. The van der Waals surface area contributed by atoms with E-state index in [9.17, 15) is 0 Å². The van der Waals surface area contributed by atoms with Crippen LogP contribution in [0.2, 0.25) is 19.6 Å².